The quantitative estimate of drug-likeness (QED) is 0.840. The Morgan fingerprint density at radius 3 is 2.28 bits per heavy atom. The third kappa shape index (κ3) is 2.23. The van der Waals surface area contributed by atoms with Crippen LogP contribution in [-0.4, -0.2) is 31.3 Å². The first-order valence-corrected chi connectivity index (χ1v) is 6.42. The van der Waals surface area contributed by atoms with Crippen molar-refractivity contribution in [2.75, 3.05) is 0 Å². The molecule has 0 saturated carbocycles. The Labute approximate surface area is 107 Å². The Hall–Kier alpha value is -1.46. The first-order chi connectivity index (χ1) is 8.40. The molecule has 1 N–H and O–H groups in total. The first-order valence-electron chi connectivity index (χ1n) is 6.42. The van der Waals surface area contributed by atoms with Gasteiger partial charge in [0.05, 0.1) is 0 Å². The van der Waals surface area contributed by atoms with Crippen LogP contribution in [0, 0.1) is 5.92 Å². The highest BCUT2D eigenvalue weighted by molar-refractivity contribution is 5.76. The van der Waals surface area contributed by atoms with E-state index in [9.17, 15) is 9.90 Å². The number of hydrogen-bond donors (Lipinski definition) is 1. The largest absolute Gasteiger partial charge is 0.479 e. The zero-order valence-corrected chi connectivity index (χ0v) is 11.7. The van der Waals surface area contributed by atoms with Crippen LogP contribution in [0.5, 0.6) is 0 Å². The summed E-state index contributed by atoms with van der Waals surface area (Å²) in [5.74, 6) is 0.250. The van der Waals surface area contributed by atoms with E-state index in [0.29, 0.717) is 24.6 Å². The Kier molecular flexibility index (Phi) is 4.43. The van der Waals surface area contributed by atoms with Crippen LogP contribution in [0.15, 0.2) is 0 Å². The van der Waals surface area contributed by atoms with Crippen LogP contribution in [-0.2, 0) is 10.3 Å². The van der Waals surface area contributed by atoms with Crippen molar-refractivity contribution in [3.63, 3.8) is 0 Å². The minimum absolute atomic E-state index is 0.122. The molecule has 0 spiro atoms. The average Bonchev–Trinajstić information content (AvgIpc) is 2.79. The highest BCUT2D eigenvalue weighted by Gasteiger charge is 2.41. The Morgan fingerprint density at radius 2 is 1.89 bits per heavy atom. The number of carboxylic acid groups (broad SMARTS) is 1. The van der Waals surface area contributed by atoms with E-state index in [1.165, 1.54) is 4.68 Å². The van der Waals surface area contributed by atoms with Crippen LogP contribution < -0.4 is 0 Å². The molecule has 6 heteroatoms. The molecule has 0 aliphatic rings. The number of rotatable bonds is 6. The molecule has 1 rings (SSSR count). The lowest BCUT2D eigenvalue weighted by Gasteiger charge is -2.29. The molecule has 1 unspecified atom stereocenters. The number of aliphatic carboxylic acids is 1. The fraction of sp³-hybridized carbons (Fsp3) is 0.833. The number of carbonyl (C=O) groups is 1. The predicted molar refractivity (Wildman–Crippen MR) is 67.3 cm³/mol. The number of tetrazole rings is 1. The minimum Gasteiger partial charge on any atom is -0.479 e. The molecule has 1 atom stereocenters. The van der Waals surface area contributed by atoms with E-state index in [0.717, 1.165) is 0 Å². The minimum atomic E-state index is -1.04. The summed E-state index contributed by atoms with van der Waals surface area (Å²) in [6, 6.07) is 0. The molecular formula is C12H22N4O2. The molecule has 6 nitrogen and oxygen atoms in total. The second kappa shape index (κ2) is 5.46. The fourth-order valence-corrected chi connectivity index (χ4v) is 2.02. The van der Waals surface area contributed by atoms with Gasteiger partial charge in [-0.15, -0.1) is 5.10 Å². The summed E-state index contributed by atoms with van der Waals surface area (Å²) in [7, 11) is 0. The summed E-state index contributed by atoms with van der Waals surface area (Å²) in [5.41, 5.74) is -1.04. The van der Waals surface area contributed by atoms with Gasteiger partial charge in [0.1, 0.15) is 0 Å². The van der Waals surface area contributed by atoms with E-state index in [2.05, 4.69) is 29.4 Å². The van der Waals surface area contributed by atoms with Crippen LogP contribution in [0.2, 0.25) is 0 Å². The number of aromatic nitrogens is 4. The molecule has 1 heterocycles. The molecule has 102 valence electrons. The van der Waals surface area contributed by atoms with Gasteiger partial charge >= 0.3 is 5.97 Å². The Balaban J connectivity index is 3.31. The van der Waals surface area contributed by atoms with Gasteiger partial charge in [-0.25, -0.2) is 9.48 Å². The lowest BCUT2D eigenvalue weighted by molar-refractivity contribution is -0.149. The van der Waals surface area contributed by atoms with Crippen LogP contribution >= 0.6 is 0 Å². The van der Waals surface area contributed by atoms with Crippen molar-refractivity contribution in [3.05, 3.63) is 5.82 Å². The number of hydrogen-bond acceptors (Lipinski definition) is 4. The van der Waals surface area contributed by atoms with Crippen molar-refractivity contribution < 1.29 is 9.90 Å². The van der Waals surface area contributed by atoms with Crippen molar-refractivity contribution in [1.29, 1.82) is 0 Å². The lowest BCUT2D eigenvalue weighted by Crippen LogP contribution is -2.43. The molecule has 18 heavy (non-hydrogen) atoms. The van der Waals surface area contributed by atoms with E-state index in [4.69, 9.17) is 0 Å². The normalized spacial score (nSPS) is 13.9. The molecular weight excluding hydrogens is 232 g/mol. The van der Waals surface area contributed by atoms with Gasteiger partial charge in [-0.1, -0.05) is 34.6 Å². The Bertz CT molecular complexity index is 410. The van der Waals surface area contributed by atoms with Gasteiger partial charge in [0.25, 0.3) is 0 Å². The highest BCUT2D eigenvalue weighted by Crippen LogP contribution is 2.30. The number of nitrogens with zero attached hydrogens (tertiary/aromatic N) is 4. The molecule has 0 aliphatic heterocycles. The van der Waals surface area contributed by atoms with Gasteiger partial charge in [0.15, 0.2) is 11.4 Å². The molecule has 0 bridgehead atoms. The van der Waals surface area contributed by atoms with Crippen LogP contribution in [0.3, 0.4) is 0 Å². The average molecular weight is 254 g/mol. The van der Waals surface area contributed by atoms with E-state index >= 15 is 0 Å². The second-order valence-corrected chi connectivity index (χ2v) is 5.03. The predicted octanol–water partition coefficient (Wildman–Crippen LogP) is 2.03. The fourth-order valence-electron chi connectivity index (χ4n) is 2.02. The van der Waals surface area contributed by atoms with Crippen molar-refractivity contribution in [2.45, 2.75) is 58.9 Å². The van der Waals surface area contributed by atoms with Crippen LogP contribution in [0.1, 0.15) is 59.2 Å². The van der Waals surface area contributed by atoms with E-state index in [1.807, 2.05) is 20.8 Å². The molecule has 1 aromatic rings. The summed E-state index contributed by atoms with van der Waals surface area (Å²) >= 11 is 0. The molecule has 0 saturated heterocycles. The summed E-state index contributed by atoms with van der Waals surface area (Å²) in [4.78, 5) is 11.6. The molecule has 0 fully saturated rings. The molecule has 0 amide bonds. The zero-order chi connectivity index (χ0) is 13.9. The Morgan fingerprint density at radius 1 is 1.33 bits per heavy atom. The molecule has 0 aromatic carbocycles. The standard InChI is InChI=1S/C12H22N4O2/c1-6-12(7-2,11(17)18)16-10(13-14-15-16)9(5)8(3)4/h8-9H,6-7H2,1-5H3,(H,17,18). The second-order valence-electron chi connectivity index (χ2n) is 5.03. The third-order valence-corrected chi connectivity index (χ3v) is 3.87. The topological polar surface area (TPSA) is 80.9 Å². The maximum atomic E-state index is 11.6. The van der Waals surface area contributed by atoms with Crippen molar-refractivity contribution in [3.8, 4) is 0 Å². The lowest BCUT2D eigenvalue weighted by atomic mass is 9.91. The van der Waals surface area contributed by atoms with E-state index in [-0.39, 0.29) is 5.92 Å². The van der Waals surface area contributed by atoms with Crippen molar-refractivity contribution in [2.24, 2.45) is 5.92 Å². The molecule has 0 radical (unpaired) electrons. The van der Waals surface area contributed by atoms with Gasteiger partial charge < -0.3 is 5.11 Å². The van der Waals surface area contributed by atoms with Crippen LogP contribution in [0.25, 0.3) is 0 Å². The molecule has 1 aromatic heterocycles. The highest BCUT2D eigenvalue weighted by atomic mass is 16.4. The molecule has 0 aliphatic carbocycles. The van der Waals surface area contributed by atoms with Gasteiger partial charge in [-0.2, -0.15) is 0 Å². The maximum absolute atomic E-state index is 11.6. The third-order valence-electron chi connectivity index (χ3n) is 3.87. The van der Waals surface area contributed by atoms with Gasteiger partial charge in [0, 0.05) is 5.92 Å². The summed E-state index contributed by atoms with van der Waals surface area (Å²) in [5, 5.41) is 21.1. The first kappa shape index (κ1) is 14.6. The van der Waals surface area contributed by atoms with E-state index < -0.39 is 11.5 Å². The number of carboxylic acids is 1. The monoisotopic (exact) mass is 254 g/mol. The summed E-state index contributed by atoms with van der Waals surface area (Å²) in [6.45, 7) is 9.87. The summed E-state index contributed by atoms with van der Waals surface area (Å²) in [6.07, 6.45) is 0.920. The maximum Gasteiger partial charge on any atom is 0.331 e. The van der Waals surface area contributed by atoms with Gasteiger partial charge in [-0.05, 0) is 29.2 Å². The zero-order valence-electron chi connectivity index (χ0n) is 11.7. The smallest absolute Gasteiger partial charge is 0.331 e. The SMILES string of the molecule is CCC(CC)(C(=O)O)n1nnnc1C(C)C(C)C. The van der Waals surface area contributed by atoms with Crippen molar-refractivity contribution in [1.82, 2.24) is 20.2 Å². The van der Waals surface area contributed by atoms with Crippen molar-refractivity contribution >= 4 is 5.97 Å². The van der Waals surface area contributed by atoms with Gasteiger partial charge in [-0.3, -0.25) is 0 Å². The van der Waals surface area contributed by atoms with Crippen LogP contribution in [0.4, 0.5) is 0 Å². The van der Waals surface area contributed by atoms with Gasteiger partial charge in [0.2, 0.25) is 0 Å². The summed E-state index contributed by atoms with van der Waals surface area (Å²) < 4.78 is 1.50. The van der Waals surface area contributed by atoms with E-state index in [1.54, 1.807) is 0 Å².